The second-order valence-corrected chi connectivity index (χ2v) is 9.11. The number of aromatic carboxylic acids is 1. The van der Waals surface area contributed by atoms with E-state index in [1.165, 1.54) is 27.6 Å². The summed E-state index contributed by atoms with van der Waals surface area (Å²) < 4.78 is 0. The molecule has 1 aliphatic carbocycles. The predicted octanol–water partition coefficient (Wildman–Crippen LogP) is 7.04. The van der Waals surface area contributed by atoms with Crippen LogP contribution in [0.4, 0.5) is 0 Å². The quantitative estimate of drug-likeness (QED) is 0.373. The minimum Gasteiger partial charge on any atom is -0.478 e. The van der Waals surface area contributed by atoms with Gasteiger partial charge in [-0.25, -0.2) is 4.79 Å². The van der Waals surface area contributed by atoms with E-state index in [0.717, 1.165) is 28.6 Å². The molecule has 0 spiro atoms. The van der Waals surface area contributed by atoms with Crippen LogP contribution < -0.4 is 0 Å². The maximum Gasteiger partial charge on any atom is 0.335 e. The summed E-state index contributed by atoms with van der Waals surface area (Å²) in [5.74, 6) is -0.924. The Balaban J connectivity index is 1.59. The van der Waals surface area contributed by atoms with Crippen LogP contribution in [-0.4, -0.2) is 16.1 Å². The van der Waals surface area contributed by atoms with E-state index < -0.39 is 5.97 Å². The fourth-order valence-electron chi connectivity index (χ4n) is 4.60. The number of benzene rings is 3. The molecular weight excluding hydrogens is 394 g/mol. The molecule has 0 saturated heterocycles. The van der Waals surface area contributed by atoms with Crippen molar-refractivity contribution in [1.29, 1.82) is 0 Å². The number of nitrogens with one attached hydrogen (secondary N) is 1. The molecule has 158 valence electrons. The first-order chi connectivity index (χ1) is 15.3. The van der Waals surface area contributed by atoms with Gasteiger partial charge in [-0.05, 0) is 92.6 Å². The number of rotatable bonds is 4. The molecular formula is C29H25NO2. The topological polar surface area (TPSA) is 53.1 Å². The molecule has 4 aromatic rings. The van der Waals surface area contributed by atoms with Gasteiger partial charge in [0, 0.05) is 11.7 Å². The lowest BCUT2D eigenvalue weighted by Crippen LogP contribution is -2.22. The second kappa shape index (κ2) is 7.38. The van der Waals surface area contributed by atoms with Gasteiger partial charge in [0.2, 0.25) is 0 Å². The molecule has 2 N–H and O–H groups in total. The third-order valence-corrected chi connectivity index (χ3v) is 6.55. The van der Waals surface area contributed by atoms with Crippen LogP contribution in [-0.2, 0) is 5.41 Å². The number of carboxylic acids is 1. The normalized spacial score (nSPS) is 14.6. The van der Waals surface area contributed by atoms with E-state index in [-0.39, 0.29) is 11.0 Å². The molecule has 3 heteroatoms. The molecule has 3 aromatic carbocycles. The molecule has 0 radical (unpaired) electrons. The van der Waals surface area contributed by atoms with Gasteiger partial charge in [-0.2, -0.15) is 0 Å². The highest BCUT2D eigenvalue weighted by Gasteiger charge is 2.29. The number of aromatic amines is 1. The minimum atomic E-state index is -0.924. The molecule has 1 aromatic heterocycles. The van der Waals surface area contributed by atoms with Crippen LogP contribution >= 0.6 is 0 Å². The third-order valence-electron chi connectivity index (χ3n) is 6.55. The van der Waals surface area contributed by atoms with Crippen LogP contribution in [0.25, 0.3) is 22.0 Å². The summed E-state index contributed by atoms with van der Waals surface area (Å²) in [6, 6.07) is 22.2. The van der Waals surface area contributed by atoms with Gasteiger partial charge in [0.1, 0.15) is 0 Å². The summed E-state index contributed by atoms with van der Waals surface area (Å²) in [6.07, 6.45) is 5.31. The van der Waals surface area contributed by atoms with Crippen molar-refractivity contribution in [2.24, 2.45) is 0 Å². The number of allylic oxidation sites excluding steroid dienone is 1. The monoisotopic (exact) mass is 419 g/mol. The predicted molar refractivity (Wildman–Crippen MR) is 131 cm³/mol. The van der Waals surface area contributed by atoms with E-state index >= 15 is 0 Å². The van der Waals surface area contributed by atoms with Crippen LogP contribution in [0.3, 0.4) is 0 Å². The Labute approximate surface area is 187 Å². The Bertz CT molecular complexity index is 1400. The number of hydrogen-bond donors (Lipinski definition) is 2. The summed E-state index contributed by atoms with van der Waals surface area (Å²) in [5, 5.41) is 10.4. The van der Waals surface area contributed by atoms with Gasteiger partial charge < -0.3 is 10.1 Å². The molecule has 0 amide bonds. The lowest BCUT2D eigenvalue weighted by Gasteiger charge is -2.33. The molecule has 0 saturated carbocycles. The van der Waals surface area contributed by atoms with Crippen LogP contribution in [0.1, 0.15) is 58.4 Å². The van der Waals surface area contributed by atoms with Crippen molar-refractivity contribution in [3.05, 3.63) is 119 Å². The number of carboxylic acid groups (broad SMARTS) is 1. The van der Waals surface area contributed by atoms with Gasteiger partial charge >= 0.3 is 5.97 Å². The number of fused-ring (bicyclic) bond motifs is 2. The average molecular weight is 420 g/mol. The van der Waals surface area contributed by atoms with Crippen molar-refractivity contribution >= 4 is 28.0 Å². The molecule has 1 heterocycles. The molecule has 32 heavy (non-hydrogen) atoms. The Morgan fingerprint density at radius 3 is 2.41 bits per heavy atom. The van der Waals surface area contributed by atoms with Gasteiger partial charge in [0.25, 0.3) is 0 Å². The fourth-order valence-corrected chi connectivity index (χ4v) is 4.60. The molecule has 0 unspecified atom stereocenters. The molecule has 5 rings (SSSR count). The minimum absolute atomic E-state index is 0.0556. The average Bonchev–Trinajstić information content (AvgIpc) is 3.26. The first-order valence-corrected chi connectivity index (χ1v) is 10.8. The number of aromatic nitrogens is 1. The van der Waals surface area contributed by atoms with Crippen LogP contribution in [0.5, 0.6) is 0 Å². The van der Waals surface area contributed by atoms with E-state index in [1.54, 1.807) is 12.1 Å². The zero-order valence-corrected chi connectivity index (χ0v) is 18.3. The maximum absolute atomic E-state index is 11.2. The Morgan fingerprint density at radius 1 is 0.938 bits per heavy atom. The number of carbonyl (C=O) groups is 1. The zero-order valence-electron chi connectivity index (χ0n) is 18.3. The molecule has 0 aliphatic heterocycles. The van der Waals surface area contributed by atoms with Crippen molar-refractivity contribution < 1.29 is 9.90 Å². The molecule has 3 nitrogen and oxygen atoms in total. The van der Waals surface area contributed by atoms with Crippen LogP contribution in [0.15, 0.2) is 85.6 Å². The Kier molecular flexibility index (Phi) is 4.63. The first-order valence-electron chi connectivity index (χ1n) is 10.8. The van der Waals surface area contributed by atoms with Crippen molar-refractivity contribution in [2.75, 3.05) is 0 Å². The molecule has 0 fully saturated rings. The number of H-pyrrole nitrogens is 1. The summed E-state index contributed by atoms with van der Waals surface area (Å²) in [6.45, 7) is 8.89. The highest BCUT2D eigenvalue weighted by molar-refractivity contribution is 5.92. The van der Waals surface area contributed by atoms with Crippen LogP contribution in [0.2, 0.25) is 0 Å². The van der Waals surface area contributed by atoms with E-state index in [9.17, 15) is 9.90 Å². The van der Waals surface area contributed by atoms with Gasteiger partial charge in [-0.3, -0.25) is 0 Å². The van der Waals surface area contributed by atoms with Crippen molar-refractivity contribution in [2.45, 2.75) is 25.7 Å². The largest absolute Gasteiger partial charge is 0.478 e. The third kappa shape index (κ3) is 3.36. The van der Waals surface area contributed by atoms with E-state index in [4.69, 9.17) is 0 Å². The summed E-state index contributed by atoms with van der Waals surface area (Å²) in [4.78, 5) is 14.4. The molecule has 1 aliphatic rings. The first kappa shape index (κ1) is 20.1. The zero-order chi connectivity index (χ0) is 22.5. The molecule has 0 atom stereocenters. The Morgan fingerprint density at radius 2 is 1.66 bits per heavy atom. The highest BCUT2D eigenvalue weighted by Crippen LogP contribution is 2.43. The van der Waals surface area contributed by atoms with Crippen LogP contribution in [0, 0.1) is 0 Å². The second-order valence-electron chi connectivity index (χ2n) is 9.11. The number of hydrogen-bond acceptors (Lipinski definition) is 1. The van der Waals surface area contributed by atoms with Gasteiger partial charge in [-0.1, -0.05) is 56.8 Å². The van der Waals surface area contributed by atoms with Gasteiger partial charge in [0.05, 0.1) is 5.56 Å². The van der Waals surface area contributed by atoms with Gasteiger partial charge in [0.15, 0.2) is 0 Å². The highest BCUT2D eigenvalue weighted by atomic mass is 16.4. The van der Waals surface area contributed by atoms with Crippen molar-refractivity contribution in [3.8, 4) is 0 Å². The van der Waals surface area contributed by atoms with Gasteiger partial charge in [-0.15, -0.1) is 0 Å². The smallest absolute Gasteiger partial charge is 0.335 e. The fraction of sp³-hybridized carbons (Fsp3) is 0.138. The lowest BCUT2D eigenvalue weighted by molar-refractivity contribution is 0.0697. The summed E-state index contributed by atoms with van der Waals surface area (Å²) in [5.41, 5.74) is 9.34. The van der Waals surface area contributed by atoms with E-state index in [1.807, 2.05) is 18.3 Å². The summed E-state index contributed by atoms with van der Waals surface area (Å²) in [7, 11) is 0. The summed E-state index contributed by atoms with van der Waals surface area (Å²) >= 11 is 0. The standard InChI is InChI=1S/C29H25NO2/c1-18(19-4-6-20(7-5-19)28(31)32)21-8-10-26-25(17-21)24(12-14-29(26,2)3)22-9-11-27-23(16-22)13-15-30-27/h4-13,15-17,30H,1,14H2,2-3H3,(H,31,32). The van der Waals surface area contributed by atoms with E-state index in [0.29, 0.717) is 0 Å². The van der Waals surface area contributed by atoms with Crippen molar-refractivity contribution in [3.63, 3.8) is 0 Å². The van der Waals surface area contributed by atoms with E-state index in [2.05, 4.69) is 74.0 Å². The molecule has 0 bridgehead atoms. The SMILES string of the molecule is C=C(c1ccc(C(=O)O)cc1)c1ccc2c(c1)C(c1ccc3[nH]ccc3c1)=CCC2(C)C. The lowest BCUT2D eigenvalue weighted by atomic mass is 9.71. The van der Waals surface area contributed by atoms with Crippen molar-refractivity contribution in [1.82, 2.24) is 4.98 Å². The maximum atomic E-state index is 11.2. The Hall–Kier alpha value is -3.85.